The zero-order valence-electron chi connectivity index (χ0n) is 16.7. The predicted octanol–water partition coefficient (Wildman–Crippen LogP) is 4.54. The molecular formula is C24H24N2O3. The van der Waals surface area contributed by atoms with E-state index in [9.17, 15) is 9.59 Å². The average Bonchev–Trinajstić information content (AvgIpc) is 3.21. The van der Waals surface area contributed by atoms with Gasteiger partial charge in [-0.2, -0.15) is 0 Å². The lowest BCUT2D eigenvalue weighted by Gasteiger charge is -2.18. The molecular weight excluding hydrogens is 364 g/mol. The summed E-state index contributed by atoms with van der Waals surface area (Å²) in [6.45, 7) is 5.85. The van der Waals surface area contributed by atoms with Crippen LogP contribution in [0, 0.1) is 13.8 Å². The Balaban J connectivity index is 1.81. The van der Waals surface area contributed by atoms with E-state index in [1.165, 1.54) is 12.3 Å². The Kier molecular flexibility index (Phi) is 6.29. The minimum absolute atomic E-state index is 0.117. The summed E-state index contributed by atoms with van der Waals surface area (Å²) >= 11 is 0. The van der Waals surface area contributed by atoms with Gasteiger partial charge >= 0.3 is 0 Å². The Morgan fingerprint density at radius 2 is 1.69 bits per heavy atom. The van der Waals surface area contributed by atoms with Crippen molar-refractivity contribution in [2.45, 2.75) is 26.8 Å². The van der Waals surface area contributed by atoms with Gasteiger partial charge in [-0.25, -0.2) is 0 Å². The molecule has 5 nitrogen and oxygen atoms in total. The van der Waals surface area contributed by atoms with Gasteiger partial charge in [-0.05, 0) is 56.2 Å². The van der Waals surface area contributed by atoms with Gasteiger partial charge in [0.1, 0.15) is 11.5 Å². The maximum atomic E-state index is 12.9. The second-order valence-corrected chi connectivity index (χ2v) is 6.95. The molecule has 2 aromatic carbocycles. The van der Waals surface area contributed by atoms with Gasteiger partial charge in [0.25, 0.3) is 11.8 Å². The molecule has 0 aliphatic heterocycles. The number of benzene rings is 2. The lowest BCUT2D eigenvalue weighted by molar-refractivity contribution is -0.118. The Hall–Kier alpha value is -3.60. The smallest absolute Gasteiger partial charge is 0.268 e. The standard InChI is InChI=1S/C24H24N2O3/c1-16-10-12-19(13-11-16)23(27)26-22(15-20-8-6-14-29-20)24(28)25-18(3)21-9-5-4-7-17(21)2/h4-15,18H,1-3H3,(H,25,28)(H,26,27)/b22-15-/t18-/m1/s1. The van der Waals surface area contributed by atoms with E-state index in [-0.39, 0.29) is 17.6 Å². The van der Waals surface area contributed by atoms with Crippen LogP contribution in [0.2, 0.25) is 0 Å². The van der Waals surface area contributed by atoms with Crippen molar-refractivity contribution in [2.75, 3.05) is 0 Å². The van der Waals surface area contributed by atoms with Crippen LogP contribution in [-0.4, -0.2) is 11.8 Å². The highest BCUT2D eigenvalue weighted by Gasteiger charge is 2.18. The molecule has 0 bridgehead atoms. The number of amides is 2. The van der Waals surface area contributed by atoms with E-state index in [1.54, 1.807) is 24.3 Å². The summed E-state index contributed by atoms with van der Waals surface area (Å²) in [5.41, 5.74) is 3.74. The van der Waals surface area contributed by atoms with Crippen molar-refractivity contribution in [3.05, 3.63) is 101 Å². The van der Waals surface area contributed by atoms with Gasteiger partial charge in [0.15, 0.2) is 0 Å². The summed E-state index contributed by atoms with van der Waals surface area (Å²) in [5.74, 6) is -0.276. The van der Waals surface area contributed by atoms with Crippen LogP contribution in [0.25, 0.3) is 6.08 Å². The molecule has 0 unspecified atom stereocenters. The number of hydrogen-bond acceptors (Lipinski definition) is 3. The Morgan fingerprint density at radius 3 is 2.34 bits per heavy atom. The van der Waals surface area contributed by atoms with E-state index < -0.39 is 5.91 Å². The number of hydrogen-bond donors (Lipinski definition) is 2. The monoisotopic (exact) mass is 388 g/mol. The highest BCUT2D eigenvalue weighted by Crippen LogP contribution is 2.17. The third-order valence-electron chi connectivity index (χ3n) is 4.64. The van der Waals surface area contributed by atoms with Crippen molar-refractivity contribution in [3.8, 4) is 0 Å². The number of rotatable bonds is 6. The predicted molar refractivity (Wildman–Crippen MR) is 113 cm³/mol. The molecule has 0 fully saturated rings. The molecule has 3 rings (SSSR count). The van der Waals surface area contributed by atoms with E-state index in [0.29, 0.717) is 11.3 Å². The average molecular weight is 388 g/mol. The molecule has 3 aromatic rings. The molecule has 1 heterocycles. The first-order valence-electron chi connectivity index (χ1n) is 9.43. The minimum Gasteiger partial charge on any atom is -0.465 e. The van der Waals surface area contributed by atoms with Crippen LogP contribution < -0.4 is 10.6 Å². The van der Waals surface area contributed by atoms with Crippen molar-refractivity contribution < 1.29 is 14.0 Å². The lowest BCUT2D eigenvalue weighted by Crippen LogP contribution is -2.36. The molecule has 0 radical (unpaired) electrons. The summed E-state index contributed by atoms with van der Waals surface area (Å²) in [4.78, 5) is 25.6. The Morgan fingerprint density at radius 1 is 0.966 bits per heavy atom. The van der Waals surface area contributed by atoms with Crippen LogP contribution in [0.1, 0.15) is 45.8 Å². The molecule has 1 aromatic heterocycles. The third-order valence-corrected chi connectivity index (χ3v) is 4.64. The lowest BCUT2D eigenvalue weighted by atomic mass is 10.0. The highest BCUT2D eigenvalue weighted by atomic mass is 16.3. The molecule has 0 saturated carbocycles. The molecule has 5 heteroatoms. The fourth-order valence-corrected chi connectivity index (χ4v) is 3.00. The van der Waals surface area contributed by atoms with Crippen LogP contribution in [-0.2, 0) is 4.79 Å². The molecule has 0 saturated heterocycles. The van der Waals surface area contributed by atoms with Crippen LogP contribution in [0.3, 0.4) is 0 Å². The van der Waals surface area contributed by atoms with Crippen molar-refractivity contribution in [1.29, 1.82) is 0 Å². The van der Waals surface area contributed by atoms with Crippen LogP contribution in [0.15, 0.2) is 77.0 Å². The number of aryl methyl sites for hydroxylation is 2. The molecule has 0 aliphatic rings. The van der Waals surface area contributed by atoms with Crippen molar-refractivity contribution >= 4 is 17.9 Å². The topological polar surface area (TPSA) is 71.3 Å². The quantitative estimate of drug-likeness (QED) is 0.609. The van der Waals surface area contributed by atoms with Crippen molar-refractivity contribution in [2.24, 2.45) is 0 Å². The highest BCUT2D eigenvalue weighted by molar-refractivity contribution is 6.05. The number of carbonyl (C=O) groups excluding carboxylic acids is 2. The van der Waals surface area contributed by atoms with E-state index >= 15 is 0 Å². The SMILES string of the molecule is Cc1ccc(C(=O)N/C(=C\c2ccco2)C(=O)N[C@H](C)c2ccccc2C)cc1. The first kappa shape index (κ1) is 20.1. The summed E-state index contributed by atoms with van der Waals surface area (Å²) < 4.78 is 5.32. The van der Waals surface area contributed by atoms with Crippen LogP contribution >= 0.6 is 0 Å². The van der Waals surface area contributed by atoms with E-state index in [2.05, 4.69) is 10.6 Å². The minimum atomic E-state index is -0.391. The summed E-state index contributed by atoms with van der Waals surface area (Å²) in [5, 5.41) is 5.66. The van der Waals surface area contributed by atoms with Gasteiger partial charge in [-0.15, -0.1) is 0 Å². The maximum absolute atomic E-state index is 12.9. The van der Waals surface area contributed by atoms with Gasteiger partial charge in [0.05, 0.1) is 12.3 Å². The van der Waals surface area contributed by atoms with Crippen molar-refractivity contribution in [1.82, 2.24) is 10.6 Å². The number of carbonyl (C=O) groups is 2. The van der Waals surface area contributed by atoms with E-state index in [1.807, 2.05) is 57.2 Å². The Labute approximate surface area is 170 Å². The molecule has 0 aliphatic carbocycles. The van der Waals surface area contributed by atoms with Gasteiger partial charge in [0, 0.05) is 11.6 Å². The Bertz CT molecular complexity index is 1020. The van der Waals surface area contributed by atoms with Crippen molar-refractivity contribution in [3.63, 3.8) is 0 Å². The van der Waals surface area contributed by atoms with Gasteiger partial charge in [-0.1, -0.05) is 42.0 Å². The summed E-state index contributed by atoms with van der Waals surface area (Å²) in [7, 11) is 0. The van der Waals surface area contributed by atoms with Gasteiger partial charge in [0.2, 0.25) is 0 Å². The first-order valence-corrected chi connectivity index (χ1v) is 9.43. The summed E-state index contributed by atoms with van der Waals surface area (Å²) in [6.07, 6.45) is 3.03. The third kappa shape index (κ3) is 5.23. The maximum Gasteiger partial charge on any atom is 0.268 e. The number of furan rings is 1. The first-order chi connectivity index (χ1) is 13.9. The van der Waals surface area contributed by atoms with E-state index in [4.69, 9.17) is 4.42 Å². The molecule has 2 amide bonds. The largest absolute Gasteiger partial charge is 0.465 e. The second-order valence-electron chi connectivity index (χ2n) is 6.95. The van der Waals surface area contributed by atoms with Gasteiger partial charge < -0.3 is 15.1 Å². The molecule has 29 heavy (non-hydrogen) atoms. The molecule has 1 atom stereocenters. The zero-order valence-corrected chi connectivity index (χ0v) is 16.7. The van der Waals surface area contributed by atoms with Crippen LogP contribution in [0.4, 0.5) is 0 Å². The fraction of sp³-hybridized carbons (Fsp3) is 0.167. The zero-order chi connectivity index (χ0) is 20.8. The molecule has 148 valence electrons. The molecule has 0 spiro atoms. The van der Waals surface area contributed by atoms with E-state index in [0.717, 1.165) is 16.7 Å². The molecule has 2 N–H and O–H groups in total. The van der Waals surface area contributed by atoms with Crippen LogP contribution in [0.5, 0.6) is 0 Å². The summed E-state index contributed by atoms with van der Waals surface area (Å²) in [6, 6.07) is 18.2. The second kappa shape index (κ2) is 9.06. The number of nitrogens with one attached hydrogen (secondary N) is 2. The normalized spacial score (nSPS) is 12.3. The van der Waals surface area contributed by atoms with Gasteiger partial charge in [-0.3, -0.25) is 9.59 Å². The fourth-order valence-electron chi connectivity index (χ4n) is 3.00.